The van der Waals surface area contributed by atoms with E-state index < -0.39 is 0 Å². The molecule has 0 spiro atoms. The second kappa shape index (κ2) is 11.4. The van der Waals surface area contributed by atoms with Crippen molar-refractivity contribution in [1.82, 2.24) is 5.32 Å². The Kier molecular flexibility index (Phi) is 11.3. The normalized spacial score (nSPS) is 15.0. The molecule has 2 atom stereocenters. The van der Waals surface area contributed by atoms with Gasteiger partial charge >= 0.3 is 0 Å². The molecule has 0 amide bonds. The molecule has 0 radical (unpaired) electrons. The highest BCUT2D eigenvalue weighted by atomic mass is 14.9. The molecule has 3 heteroatoms. The Morgan fingerprint density at radius 3 is 2.31 bits per heavy atom. The maximum atomic E-state index is 6.08. The van der Waals surface area contributed by atoms with E-state index in [0.717, 1.165) is 25.9 Å². The van der Waals surface area contributed by atoms with Gasteiger partial charge in [-0.1, -0.05) is 26.2 Å². The molecule has 0 aliphatic rings. The fraction of sp³-hybridized carbons (Fsp3) is 1.00. The van der Waals surface area contributed by atoms with Gasteiger partial charge < -0.3 is 16.8 Å². The van der Waals surface area contributed by atoms with Crippen molar-refractivity contribution in [2.24, 2.45) is 11.5 Å². The fourth-order valence-electron chi connectivity index (χ4n) is 1.96. The second-order valence-electron chi connectivity index (χ2n) is 4.79. The van der Waals surface area contributed by atoms with Gasteiger partial charge in [0.15, 0.2) is 0 Å². The van der Waals surface area contributed by atoms with E-state index in [0.29, 0.717) is 12.1 Å². The van der Waals surface area contributed by atoms with Gasteiger partial charge in [0.1, 0.15) is 0 Å². The third-order valence-corrected chi connectivity index (χ3v) is 3.05. The van der Waals surface area contributed by atoms with Crippen molar-refractivity contribution in [2.45, 2.75) is 70.9 Å². The summed E-state index contributed by atoms with van der Waals surface area (Å²) in [5.41, 5.74) is 11.5. The molecule has 0 bridgehead atoms. The molecule has 2 unspecified atom stereocenters. The molecule has 98 valence electrons. The van der Waals surface area contributed by atoms with E-state index in [1.165, 1.54) is 32.1 Å². The Morgan fingerprint density at radius 2 is 1.69 bits per heavy atom. The average Bonchev–Trinajstić information content (AvgIpc) is 2.26. The van der Waals surface area contributed by atoms with Crippen LogP contribution in [-0.2, 0) is 0 Å². The predicted molar refractivity (Wildman–Crippen MR) is 72.5 cm³/mol. The Labute approximate surface area is 101 Å². The van der Waals surface area contributed by atoms with Gasteiger partial charge in [-0.2, -0.15) is 0 Å². The number of rotatable bonds is 11. The van der Waals surface area contributed by atoms with Crippen LogP contribution in [0.2, 0.25) is 0 Å². The van der Waals surface area contributed by atoms with Crippen molar-refractivity contribution in [3.05, 3.63) is 0 Å². The molecule has 0 saturated carbocycles. The SMILES string of the molecule is CCNC(C)CCC(N)CCCCCCN. The fourth-order valence-corrected chi connectivity index (χ4v) is 1.96. The predicted octanol–water partition coefficient (Wildman–Crippen LogP) is 2.00. The lowest BCUT2D eigenvalue weighted by molar-refractivity contribution is 0.450. The van der Waals surface area contributed by atoms with Gasteiger partial charge in [0, 0.05) is 12.1 Å². The molecule has 0 aromatic carbocycles. The topological polar surface area (TPSA) is 64.1 Å². The van der Waals surface area contributed by atoms with Gasteiger partial charge in [-0.25, -0.2) is 0 Å². The highest BCUT2D eigenvalue weighted by molar-refractivity contribution is 4.67. The van der Waals surface area contributed by atoms with Crippen molar-refractivity contribution in [2.75, 3.05) is 13.1 Å². The van der Waals surface area contributed by atoms with Crippen LogP contribution >= 0.6 is 0 Å². The lowest BCUT2D eigenvalue weighted by Gasteiger charge is -2.16. The van der Waals surface area contributed by atoms with Gasteiger partial charge in [0.25, 0.3) is 0 Å². The molecular weight excluding hydrogens is 198 g/mol. The number of unbranched alkanes of at least 4 members (excludes halogenated alkanes) is 3. The summed E-state index contributed by atoms with van der Waals surface area (Å²) in [6.45, 7) is 6.26. The molecule has 0 fully saturated rings. The van der Waals surface area contributed by atoms with E-state index in [-0.39, 0.29) is 0 Å². The van der Waals surface area contributed by atoms with Crippen LogP contribution in [0.5, 0.6) is 0 Å². The summed E-state index contributed by atoms with van der Waals surface area (Å²) in [4.78, 5) is 0. The lowest BCUT2D eigenvalue weighted by atomic mass is 10.0. The first kappa shape index (κ1) is 15.9. The molecule has 0 aromatic rings. The number of nitrogens with two attached hydrogens (primary N) is 2. The van der Waals surface area contributed by atoms with Crippen molar-refractivity contribution < 1.29 is 0 Å². The maximum Gasteiger partial charge on any atom is 0.00394 e. The van der Waals surface area contributed by atoms with E-state index in [9.17, 15) is 0 Å². The molecule has 16 heavy (non-hydrogen) atoms. The highest BCUT2D eigenvalue weighted by Gasteiger charge is 2.05. The van der Waals surface area contributed by atoms with E-state index in [1.807, 2.05) is 0 Å². The zero-order valence-corrected chi connectivity index (χ0v) is 11.2. The molecular formula is C13H31N3. The third kappa shape index (κ3) is 10.4. The first-order valence-corrected chi connectivity index (χ1v) is 6.89. The Hall–Kier alpha value is -0.120. The Morgan fingerprint density at radius 1 is 1.00 bits per heavy atom. The summed E-state index contributed by atoms with van der Waals surface area (Å²) in [5.74, 6) is 0. The van der Waals surface area contributed by atoms with Crippen LogP contribution in [0, 0.1) is 0 Å². The molecule has 0 aliphatic carbocycles. The molecule has 5 N–H and O–H groups in total. The van der Waals surface area contributed by atoms with Gasteiger partial charge in [-0.15, -0.1) is 0 Å². The first-order chi connectivity index (χ1) is 7.70. The minimum absolute atomic E-state index is 0.388. The van der Waals surface area contributed by atoms with Crippen LogP contribution in [0.15, 0.2) is 0 Å². The lowest BCUT2D eigenvalue weighted by Crippen LogP contribution is -2.29. The molecule has 0 saturated heterocycles. The monoisotopic (exact) mass is 229 g/mol. The Bertz CT molecular complexity index is 139. The van der Waals surface area contributed by atoms with Crippen LogP contribution in [0.1, 0.15) is 58.8 Å². The second-order valence-corrected chi connectivity index (χ2v) is 4.79. The molecule has 0 aromatic heterocycles. The summed E-state index contributed by atoms with van der Waals surface area (Å²) < 4.78 is 0. The number of nitrogens with one attached hydrogen (secondary N) is 1. The van der Waals surface area contributed by atoms with E-state index >= 15 is 0 Å². The van der Waals surface area contributed by atoms with Crippen molar-refractivity contribution >= 4 is 0 Å². The molecule has 0 rings (SSSR count). The quantitative estimate of drug-likeness (QED) is 0.475. The highest BCUT2D eigenvalue weighted by Crippen LogP contribution is 2.09. The number of hydrogen-bond acceptors (Lipinski definition) is 3. The standard InChI is InChI=1S/C13H31N3/c1-3-16-12(2)9-10-13(15)8-6-4-5-7-11-14/h12-13,16H,3-11,14-15H2,1-2H3. The van der Waals surface area contributed by atoms with Gasteiger partial charge in [-0.05, 0) is 45.7 Å². The summed E-state index contributed by atoms with van der Waals surface area (Å²) in [7, 11) is 0. The molecule has 3 nitrogen and oxygen atoms in total. The van der Waals surface area contributed by atoms with Crippen LogP contribution in [0.25, 0.3) is 0 Å². The largest absolute Gasteiger partial charge is 0.330 e. The number of hydrogen-bond donors (Lipinski definition) is 3. The van der Waals surface area contributed by atoms with Crippen LogP contribution < -0.4 is 16.8 Å². The van der Waals surface area contributed by atoms with Gasteiger partial charge in [0.05, 0.1) is 0 Å². The summed E-state index contributed by atoms with van der Waals surface area (Å²) in [6, 6.07) is 0.993. The molecule has 0 heterocycles. The smallest absolute Gasteiger partial charge is 0.00394 e. The van der Waals surface area contributed by atoms with Crippen molar-refractivity contribution in [1.29, 1.82) is 0 Å². The van der Waals surface area contributed by atoms with Crippen LogP contribution in [-0.4, -0.2) is 25.2 Å². The summed E-state index contributed by atoms with van der Waals surface area (Å²) in [6.07, 6.45) is 8.47. The van der Waals surface area contributed by atoms with Gasteiger partial charge in [-0.3, -0.25) is 0 Å². The van der Waals surface area contributed by atoms with Gasteiger partial charge in [0.2, 0.25) is 0 Å². The zero-order chi connectivity index (χ0) is 12.2. The van der Waals surface area contributed by atoms with E-state index in [1.54, 1.807) is 0 Å². The Balaban J connectivity index is 3.27. The van der Waals surface area contributed by atoms with E-state index in [2.05, 4.69) is 19.2 Å². The van der Waals surface area contributed by atoms with Crippen molar-refractivity contribution in [3.8, 4) is 0 Å². The summed E-state index contributed by atoms with van der Waals surface area (Å²) in [5, 5.41) is 3.42. The first-order valence-electron chi connectivity index (χ1n) is 6.89. The maximum absolute atomic E-state index is 6.08. The third-order valence-electron chi connectivity index (χ3n) is 3.05. The molecule has 0 aliphatic heterocycles. The van der Waals surface area contributed by atoms with Crippen molar-refractivity contribution in [3.63, 3.8) is 0 Å². The zero-order valence-electron chi connectivity index (χ0n) is 11.2. The van der Waals surface area contributed by atoms with Crippen LogP contribution in [0.4, 0.5) is 0 Å². The minimum Gasteiger partial charge on any atom is -0.330 e. The van der Waals surface area contributed by atoms with E-state index in [4.69, 9.17) is 11.5 Å². The minimum atomic E-state index is 0.388. The average molecular weight is 229 g/mol. The van der Waals surface area contributed by atoms with Crippen LogP contribution in [0.3, 0.4) is 0 Å². The summed E-state index contributed by atoms with van der Waals surface area (Å²) >= 11 is 0.